The average Bonchev–Trinajstić information content (AvgIpc) is 3.02. The van der Waals surface area contributed by atoms with Crippen LogP contribution in [0.15, 0.2) is 29.1 Å². The standard InChI is InChI=1S/C19H28N4O2/c1-14(2)10-12-22-11-4-5-15(13-22)18-20-19(24)23(21-18)16-6-8-17(25-3)9-7-16/h6-9,14-15H,4-5,10-13H2,1-3H3,(H,20,21,24). The van der Waals surface area contributed by atoms with Gasteiger partial charge in [0.15, 0.2) is 0 Å². The zero-order valence-corrected chi connectivity index (χ0v) is 15.4. The van der Waals surface area contributed by atoms with Crippen LogP contribution < -0.4 is 10.4 Å². The number of aromatic amines is 1. The van der Waals surface area contributed by atoms with Crippen LogP contribution >= 0.6 is 0 Å². The van der Waals surface area contributed by atoms with Crippen molar-refractivity contribution in [3.63, 3.8) is 0 Å². The monoisotopic (exact) mass is 344 g/mol. The van der Waals surface area contributed by atoms with E-state index < -0.39 is 0 Å². The van der Waals surface area contributed by atoms with Crippen LogP contribution in [0, 0.1) is 5.92 Å². The van der Waals surface area contributed by atoms with E-state index in [0.717, 1.165) is 55.7 Å². The summed E-state index contributed by atoms with van der Waals surface area (Å²) in [4.78, 5) is 17.8. The molecule has 1 fully saturated rings. The quantitative estimate of drug-likeness (QED) is 0.875. The van der Waals surface area contributed by atoms with Gasteiger partial charge in [0.05, 0.1) is 12.8 Å². The minimum atomic E-state index is -0.181. The Balaban J connectivity index is 1.73. The lowest BCUT2D eigenvalue weighted by molar-refractivity contribution is 0.195. The van der Waals surface area contributed by atoms with Gasteiger partial charge in [-0.2, -0.15) is 4.68 Å². The molecule has 1 N–H and O–H groups in total. The summed E-state index contributed by atoms with van der Waals surface area (Å²) in [7, 11) is 1.63. The summed E-state index contributed by atoms with van der Waals surface area (Å²) >= 11 is 0. The molecule has 0 spiro atoms. The maximum Gasteiger partial charge on any atom is 0.348 e. The molecular weight excluding hydrogens is 316 g/mol. The number of H-pyrrole nitrogens is 1. The maximum absolute atomic E-state index is 12.3. The average molecular weight is 344 g/mol. The fraction of sp³-hybridized carbons (Fsp3) is 0.579. The summed E-state index contributed by atoms with van der Waals surface area (Å²) in [6, 6.07) is 7.37. The Labute approximate surface area is 148 Å². The number of benzene rings is 1. The Bertz CT molecular complexity index is 733. The van der Waals surface area contributed by atoms with Crippen molar-refractivity contribution in [1.29, 1.82) is 0 Å². The van der Waals surface area contributed by atoms with Crippen molar-refractivity contribution >= 4 is 0 Å². The SMILES string of the molecule is COc1ccc(-n2nc(C3CCCN(CCC(C)C)C3)[nH]c2=O)cc1. The van der Waals surface area contributed by atoms with E-state index in [1.165, 1.54) is 11.1 Å². The van der Waals surface area contributed by atoms with Gasteiger partial charge in [-0.25, -0.2) is 4.79 Å². The summed E-state index contributed by atoms with van der Waals surface area (Å²) in [6.07, 6.45) is 3.44. The molecule has 0 saturated carbocycles. The number of hydrogen-bond donors (Lipinski definition) is 1. The van der Waals surface area contributed by atoms with E-state index in [1.54, 1.807) is 7.11 Å². The number of hydrogen-bond acceptors (Lipinski definition) is 4. The molecule has 25 heavy (non-hydrogen) atoms. The largest absolute Gasteiger partial charge is 0.497 e. The number of nitrogens with zero attached hydrogens (tertiary/aromatic N) is 3. The number of nitrogens with one attached hydrogen (secondary N) is 1. The molecule has 6 nitrogen and oxygen atoms in total. The Morgan fingerprint density at radius 1 is 1.32 bits per heavy atom. The van der Waals surface area contributed by atoms with Crippen LogP contribution in [0.3, 0.4) is 0 Å². The fourth-order valence-electron chi connectivity index (χ4n) is 3.35. The van der Waals surface area contributed by atoms with Gasteiger partial charge in [-0.3, -0.25) is 4.98 Å². The first-order valence-electron chi connectivity index (χ1n) is 9.13. The van der Waals surface area contributed by atoms with Gasteiger partial charge < -0.3 is 9.64 Å². The van der Waals surface area contributed by atoms with Crippen molar-refractivity contribution < 1.29 is 4.74 Å². The lowest BCUT2D eigenvalue weighted by atomic mass is 9.97. The normalized spacial score (nSPS) is 18.6. The minimum Gasteiger partial charge on any atom is -0.497 e. The zero-order chi connectivity index (χ0) is 17.8. The molecule has 0 amide bonds. The molecule has 1 aliphatic rings. The van der Waals surface area contributed by atoms with E-state index in [0.29, 0.717) is 5.92 Å². The first-order valence-corrected chi connectivity index (χ1v) is 9.13. The van der Waals surface area contributed by atoms with E-state index in [-0.39, 0.29) is 5.69 Å². The Kier molecular flexibility index (Phi) is 5.58. The highest BCUT2D eigenvalue weighted by Gasteiger charge is 2.24. The van der Waals surface area contributed by atoms with Gasteiger partial charge in [0, 0.05) is 12.5 Å². The molecular formula is C19H28N4O2. The predicted molar refractivity (Wildman–Crippen MR) is 98.6 cm³/mol. The molecule has 6 heteroatoms. The Hall–Kier alpha value is -2.08. The van der Waals surface area contributed by atoms with Gasteiger partial charge in [0.25, 0.3) is 0 Å². The molecule has 1 aromatic carbocycles. The molecule has 2 heterocycles. The third-order valence-corrected chi connectivity index (χ3v) is 4.87. The molecule has 1 unspecified atom stereocenters. The van der Waals surface area contributed by atoms with Crippen LogP contribution in [0.5, 0.6) is 5.75 Å². The first kappa shape index (κ1) is 17.7. The highest BCUT2D eigenvalue weighted by Crippen LogP contribution is 2.24. The third kappa shape index (κ3) is 4.31. The highest BCUT2D eigenvalue weighted by molar-refractivity contribution is 5.36. The number of ether oxygens (including phenoxy) is 1. The van der Waals surface area contributed by atoms with E-state index in [1.807, 2.05) is 24.3 Å². The lowest BCUT2D eigenvalue weighted by Gasteiger charge is -2.31. The van der Waals surface area contributed by atoms with Crippen molar-refractivity contribution in [1.82, 2.24) is 19.7 Å². The lowest BCUT2D eigenvalue weighted by Crippen LogP contribution is -2.36. The minimum absolute atomic E-state index is 0.181. The number of likely N-dealkylation sites (tertiary alicyclic amines) is 1. The summed E-state index contributed by atoms with van der Waals surface area (Å²) in [6.45, 7) is 7.76. The molecule has 0 bridgehead atoms. The molecule has 0 radical (unpaired) electrons. The van der Waals surface area contributed by atoms with Crippen LogP contribution in [-0.4, -0.2) is 46.4 Å². The van der Waals surface area contributed by atoms with Crippen molar-refractivity contribution in [3.05, 3.63) is 40.6 Å². The number of aromatic nitrogens is 3. The summed E-state index contributed by atoms with van der Waals surface area (Å²) in [5.74, 6) is 2.58. The van der Waals surface area contributed by atoms with Crippen LogP contribution in [0.4, 0.5) is 0 Å². The smallest absolute Gasteiger partial charge is 0.348 e. The van der Waals surface area contributed by atoms with Gasteiger partial charge in [-0.05, 0) is 62.5 Å². The van der Waals surface area contributed by atoms with Crippen molar-refractivity contribution in [3.8, 4) is 11.4 Å². The van der Waals surface area contributed by atoms with E-state index in [9.17, 15) is 4.79 Å². The van der Waals surface area contributed by atoms with Crippen LogP contribution in [0.1, 0.15) is 44.9 Å². The molecule has 2 aromatic rings. The maximum atomic E-state index is 12.3. The summed E-state index contributed by atoms with van der Waals surface area (Å²) in [5, 5.41) is 4.57. The zero-order valence-electron chi connectivity index (χ0n) is 15.4. The molecule has 1 aliphatic heterocycles. The predicted octanol–water partition coefficient (Wildman–Crippen LogP) is 2.79. The van der Waals surface area contributed by atoms with Crippen molar-refractivity contribution in [2.24, 2.45) is 5.92 Å². The van der Waals surface area contributed by atoms with Gasteiger partial charge >= 0.3 is 5.69 Å². The van der Waals surface area contributed by atoms with E-state index >= 15 is 0 Å². The van der Waals surface area contributed by atoms with Crippen molar-refractivity contribution in [2.75, 3.05) is 26.7 Å². The third-order valence-electron chi connectivity index (χ3n) is 4.87. The molecule has 1 atom stereocenters. The highest BCUT2D eigenvalue weighted by atomic mass is 16.5. The van der Waals surface area contributed by atoms with E-state index in [4.69, 9.17) is 4.74 Å². The first-order chi connectivity index (χ1) is 12.1. The Morgan fingerprint density at radius 3 is 2.76 bits per heavy atom. The second kappa shape index (κ2) is 7.87. The Morgan fingerprint density at radius 2 is 2.08 bits per heavy atom. The van der Waals surface area contributed by atoms with Gasteiger partial charge in [-0.15, -0.1) is 5.10 Å². The van der Waals surface area contributed by atoms with E-state index in [2.05, 4.69) is 28.8 Å². The van der Waals surface area contributed by atoms with Crippen LogP contribution in [-0.2, 0) is 0 Å². The summed E-state index contributed by atoms with van der Waals surface area (Å²) < 4.78 is 6.61. The number of piperidine rings is 1. The second-order valence-corrected chi connectivity index (χ2v) is 7.25. The second-order valence-electron chi connectivity index (χ2n) is 7.25. The summed E-state index contributed by atoms with van der Waals surface area (Å²) in [5.41, 5.74) is 0.570. The molecule has 136 valence electrons. The molecule has 1 saturated heterocycles. The number of methoxy groups -OCH3 is 1. The topological polar surface area (TPSA) is 63.1 Å². The van der Waals surface area contributed by atoms with Crippen LogP contribution in [0.2, 0.25) is 0 Å². The molecule has 3 rings (SSSR count). The van der Waals surface area contributed by atoms with Crippen molar-refractivity contribution in [2.45, 2.75) is 39.0 Å². The van der Waals surface area contributed by atoms with Gasteiger partial charge in [0.2, 0.25) is 0 Å². The van der Waals surface area contributed by atoms with Gasteiger partial charge in [0.1, 0.15) is 11.6 Å². The van der Waals surface area contributed by atoms with Crippen LogP contribution in [0.25, 0.3) is 5.69 Å². The van der Waals surface area contributed by atoms with Gasteiger partial charge in [-0.1, -0.05) is 13.8 Å². The molecule has 1 aromatic heterocycles. The number of rotatable bonds is 6. The molecule has 0 aliphatic carbocycles. The fourth-order valence-corrected chi connectivity index (χ4v) is 3.35.